The van der Waals surface area contributed by atoms with E-state index in [1.165, 1.54) is 0 Å². The zero-order chi connectivity index (χ0) is 25.2. The third kappa shape index (κ3) is 6.50. The van der Waals surface area contributed by atoms with Crippen molar-refractivity contribution < 1.29 is 19.0 Å². The van der Waals surface area contributed by atoms with Crippen molar-refractivity contribution in [2.45, 2.75) is 13.3 Å². The Morgan fingerprint density at radius 3 is 2.31 bits per heavy atom. The van der Waals surface area contributed by atoms with Crippen molar-refractivity contribution in [3.63, 3.8) is 0 Å². The first-order valence-electron chi connectivity index (χ1n) is 11.6. The summed E-state index contributed by atoms with van der Waals surface area (Å²) in [5, 5.41) is 8.90. The van der Waals surface area contributed by atoms with Crippen LogP contribution in [0.2, 0.25) is 0 Å². The van der Waals surface area contributed by atoms with Crippen LogP contribution in [0.5, 0.6) is 17.2 Å². The molecule has 0 aliphatic carbocycles. The van der Waals surface area contributed by atoms with Crippen LogP contribution in [0.4, 0.5) is 0 Å². The monoisotopic (exact) mass is 484 g/mol. The van der Waals surface area contributed by atoms with Crippen molar-refractivity contribution in [2.75, 3.05) is 20.3 Å². The number of carbonyl (C=O) groups is 1. The number of amides is 1. The van der Waals surface area contributed by atoms with Crippen molar-refractivity contribution in [3.8, 4) is 34.2 Å². The molecular formula is C28H28N4O4. The average Bonchev–Trinajstić information content (AvgIpc) is 3.36. The number of methoxy groups -OCH3 is 1. The smallest absolute Gasteiger partial charge is 0.277 e. The second kappa shape index (κ2) is 12.2. The fourth-order valence-corrected chi connectivity index (χ4v) is 3.37. The molecule has 4 rings (SSSR count). The van der Waals surface area contributed by atoms with Crippen molar-refractivity contribution in [1.82, 2.24) is 15.2 Å². The highest BCUT2D eigenvalue weighted by molar-refractivity contribution is 5.89. The summed E-state index contributed by atoms with van der Waals surface area (Å²) in [5.74, 6) is 1.71. The van der Waals surface area contributed by atoms with Gasteiger partial charge in [-0.3, -0.25) is 4.79 Å². The number of benzene rings is 3. The predicted molar refractivity (Wildman–Crippen MR) is 139 cm³/mol. The molecule has 1 aromatic heterocycles. The van der Waals surface area contributed by atoms with Gasteiger partial charge in [-0.15, -0.1) is 0 Å². The van der Waals surface area contributed by atoms with E-state index in [2.05, 4.69) is 17.5 Å². The van der Waals surface area contributed by atoms with E-state index in [-0.39, 0.29) is 12.5 Å². The highest BCUT2D eigenvalue weighted by Gasteiger charge is 2.12. The molecule has 1 N–H and O–H groups in total. The van der Waals surface area contributed by atoms with Crippen LogP contribution < -0.4 is 19.6 Å². The summed E-state index contributed by atoms with van der Waals surface area (Å²) < 4.78 is 18.1. The number of aromatic nitrogens is 2. The third-order valence-corrected chi connectivity index (χ3v) is 5.19. The Morgan fingerprint density at radius 2 is 1.61 bits per heavy atom. The third-order valence-electron chi connectivity index (χ3n) is 5.19. The van der Waals surface area contributed by atoms with Crippen molar-refractivity contribution >= 4 is 12.1 Å². The van der Waals surface area contributed by atoms with Gasteiger partial charge in [-0.25, -0.2) is 10.1 Å². The zero-order valence-corrected chi connectivity index (χ0v) is 20.3. The molecule has 3 aromatic carbocycles. The van der Waals surface area contributed by atoms with Gasteiger partial charge in [-0.2, -0.15) is 10.2 Å². The topological polar surface area (TPSA) is 87.0 Å². The molecule has 8 heteroatoms. The van der Waals surface area contributed by atoms with Crippen molar-refractivity contribution in [2.24, 2.45) is 5.10 Å². The van der Waals surface area contributed by atoms with Crippen LogP contribution in [0, 0.1) is 0 Å². The van der Waals surface area contributed by atoms with E-state index >= 15 is 0 Å². The molecule has 1 amide bonds. The molecule has 0 aliphatic heterocycles. The van der Waals surface area contributed by atoms with Crippen LogP contribution in [-0.4, -0.2) is 42.2 Å². The Hall–Kier alpha value is -4.59. The lowest BCUT2D eigenvalue weighted by Crippen LogP contribution is -2.24. The number of nitrogens with one attached hydrogen (secondary N) is 1. The van der Waals surface area contributed by atoms with Gasteiger partial charge in [0.2, 0.25) is 0 Å². The molecule has 0 aliphatic rings. The Morgan fingerprint density at radius 1 is 0.944 bits per heavy atom. The highest BCUT2D eigenvalue weighted by atomic mass is 16.5. The molecule has 4 aromatic rings. The largest absolute Gasteiger partial charge is 0.497 e. The maximum Gasteiger partial charge on any atom is 0.277 e. The first kappa shape index (κ1) is 24.5. The Kier molecular flexibility index (Phi) is 8.32. The fraction of sp³-hybridized carbons (Fsp3) is 0.179. The predicted octanol–water partition coefficient (Wildman–Crippen LogP) is 4.87. The van der Waals surface area contributed by atoms with Crippen LogP contribution in [0.1, 0.15) is 18.9 Å². The van der Waals surface area contributed by atoms with E-state index in [1.54, 1.807) is 42.3 Å². The van der Waals surface area contributed by atoms with Gasteiger partial charge in [0.15, 0.2) is 6.61 Å². The van der Waals surface area contributed by atoms with Gasteiger partial charge in [0, 0.05) is 17.3 Å². The second-order valence-electron chi connectivity index (χ2n) is 7.84. The van der Waals surface area contributed by atoms with Crippen molar-refractivity contribution in [1.29, 1.82) is 0 Å². The van der Waals surface area contributed by atoms with Gasteiger partial charge in [-0.1, -0.05) is 25.1 Å². The van der Waals surface area contributed by atoms with Gasteiger partial charge >= 0.3 is 0 Å². The number of hydrogen-bond acceptors (Lipinski definition) is 6. The van der Waals surface area contributed by atoms with Crippen LogP contribution in [0.25, 0.3) is 16.9 Å². The molecule has 184 valence electrons. The Bertz CT molecular complexity index is 1280. The molecule has 0 saturated carbocycles. The van der Waals surface area contributed by atoms with E-state index in [4.69, 9.17) is 19.3 Å². The molecule has 0 radical (unpaired) electrons. The highest BCUT2D eigenvalue weighted by Crippen LogP contribution is 2.25. The summed E-state index contributed by atoms with van der Waals surface area (Å²) in [5.41, 5.74) is 5.81. The fourth-order valence-electron chi connectivity index (χ4n) is 3.37. The summed E-state index contributed by atoms with van der Waals surface area (Å²) in [7, 11) is 1.59. The van der Waals surface area contributed by atoms with Crippen LogP contribution in [0.15, 0.2) is 90.2 Å². The molecule has 0 saturated heterocycles. The molecular weight excluding hydrogens is 456 g/mol. The van der Waals surface area contributed by atoms with E-state index in [9.17, 15) is 4.79 Å². The maximum absolute atomic E-state index is 12.2. The molecule has 0 fully saturated rings. The number of hydrazone groups is 1. The number of hydrogen-bond donors (Lipinski definition) is 1. The molecule has 0 unspecified atom stereocenters. The van der Waals surface area contributed by atoms with E-state index in [1.807, 2.05) is 60.8 Å². The maximum atomic E-state index is 12.2. The molecule has 0 atom stereocenters. The van der Waals surface area contributed by atoms with Crippen molar-refractivity contribution in [3.05, 3.63) is 90.6 Å². The van der Waals surface area contributed by atoms with Gasteiger partial charge in [0.1, 0.15) is 22.9 Å². The minimum atomic E-state index is -0.378. The normalized spacial score (nSPS) is 10.8. The van der Waals surface area contributed by atoms with Gasteiger partial charge in [0.25, 0.3) is 5.91 Å². The quantitative estimate of drug-likeness (QED) is 0.243. The lowest BCUT2D eigenvalue weighted by Gasteiger charge is -2.06. The molecule has 1 heterocycles. The van der Waals surface area contributed by atoms with Crippen LogP contribution in [0.3, 0.4) is 0 Å². The first-order chi connectivity index (χ1) is 17.7. The number of carbonyl (C=O) groups excluding carboxylic acids is 1. The van der Waals surface area contributed by atoms with Gasteiger partial charge in [-0.05, 0) is 67.1 Å². The number of nitrogens with zero attached hydrogens (tertiary/aromatic N) is 3. The molecule has 8 nitrogen and oxygen atoms in total. The van der Waals surface area contributed by atoms with Crippen LogP contribution in [-0.2, 0) is 4.79 Å². The second-order valence-corrected chi connectivity index (χ2v) is 7.84. The molecule has 0 bridgehead atoms. The van der Waals surface area contributed by atoms with Gasteiger partial charge in [0.05, 0.1) is 25.6 Å². The standard InChI is InChI=1S/C28H28N4O4/c1-3-17-35-25-11-9-21(10-12-25)28-22(19-32(31-28)23-7-5-4-6-8-23)18-29-30-27(33)20-36-26-15-13-24(34-2)14-16-26/h4-16,18-19H,3,17,20H2,1-2H3,(H,30,33). The summed E-state index contributed by atoms with van der Waals surface area (Å²) in [6, 6.07) is 24.6. The summed E-state index contributed by atoms with van der Waals surface area (Å²) in [6.45, 7) is 2.57. The lowest BCUT2D eigenvalue weighted by molar-refractivity contribution is -0.123. The first-order valence-corrected chi connectivity index (χ1v) is 11.6. The number of ether oxygens (including phenoxy) is 3. The summed E-state index contributed by atoms with van der Waals surface area (Å²) in [6.07, 6.45) is 4.39. The minimum absolute atomic E-state index is 0.168. The molecule has 0 spiro atoms. The SMILES string of the molecule is CCCOc1ccc(-c2nn(-c3ccccc3)cc2C=NNC(=O)COc2ccc(OC)cc2)cc1. The zero-order valence-electron chi connectivity index (χ0n) is 20.3. The number of para-hydroxylation sites is 1. The summed E-state index contributed by atoms with van der Waals surface area (Å²) in [4.78, 5) is 12.2. The Balaban J connectivity index is 1.47. The van der Waals surface area contributed by atoms with Crippen LogP contribution >= 0.6 is 0 Å². The van der Waals surface area contributed by atoms with E-state index in [0.717, 1.165) is 34.7 Å². The summed E-state index contributed by atoms with van der Waals surface area (Å²) >= 11 is 0. The van der Waals surface area contributed by atoms with E-state index < -0.39 is 0 Å². The van der Waals surface area contributed by atoms with E-state index in [0.29, 0.717) is 18.1 Å². The Labute approximate surface area is 210 Å². The minimum Gasteiger partial charge on any atom is -0.497 e. The average molecular weight is 485 g/mol. The molecule has 36 heavy (non-hydrogen) atoms. The lowest BCUT2D eigenvalue weighted by atomic mass is 10.1. The van der Waals surface area contributed by atoms with Gasteiger partial charge < -0.3 is 14.2 Å². The number of rotatable bonds is 11.